The molecule has 0 heterocycles. The maximum Gasteiger partial charge on any atom is 0.244 e. The highest BCUT2D eigenvalue weighted by atomic mass is 35.5. The molecular weight excluding hydrogens is 324 g/mol. The Hall–Kier alpha value is -0.820. The molecule has 1 rings (SSSR count). The lowest BCUT2D eigenvalue weighted by molar-refractivity contribution is 0.308. The van der Waals surface area contributed by atoms with Crippen molar-refractivity contribution in [2.24, 2.45) is 0 Å². The second kappa shape index (κ2) is 8.72. The highest BCUT2D eigenvalue weighted by Crippen LogP contribution is 2.30. The highest BCUT2D eigenvalue weighted by molar-refractivity contribution is 7.89. The van der Waals surface area contributed by atoms with Gasteiger partial charge in [0.1, 0.15) is 10.6 Å². The van der Waals surface area contributed by atoms with E-state index in [1.165, 1.54) is 6.07 Å². The van der Waals surface area contributed by atoms with Crippen molar-refractivity contribution in [3.05, 3.63) is 22.7 Å². The maximum absolute atomic E-state index is 12.5. The molecule has 0 bridgehead atoms. The molecule has 0 amide bonds. The lowest BCUT2D eigenvalue weighted by Gasteiger charge is -2.18. The Balaban J connectivity index is 2.94. The van der Waals surface area contributed by atoms with Crippen molar-refractivity contribution in [3.63, 3.8) is 0 Å². The number of likely N-dealkylation sites (N-methyl/N-ethyl adjacent to an activating group) is 1. The zero-order chi connectivity index (χ0) is 16.8. The van der Waals surface area contributed by atoms with Gasteiger partial charge in [-0.05, 0) is 44.6 Å². The van der Waals surface area contributed by atoms with Crippen LogP contribution >= 0.6 is 11.6 Å². The molecule has 0 unspecified atom stereocenters. The summed E-state index contributed by atoms with van der Waals surface area (Å²) in [6.07, 6.45) is 0. The van der Waals surface area contributed by atoms with Gasteiger partial charge >= 0.3 is 0 Å². The first-order valence-electron chi connectivity index (χ1n) is 7.50. The Morgan fingerprint density at radius 3 is 2.41 bits per heavy atom. The number of rotatable bonds is 9. The molecule has 0 aliphatic rings. The van der Waals surface area contributed by atoms with Crippen LogP contribution in [0.25, 0.3) is 0 Å². The van der Waals surface area contributed by atoms with Crippen LogP contribution in [-0.4, -0.2) is 46.1 Å². The third-order valence-electron chi connectivity index (χ3n) is 3.43. The minimum Gasteiger partial charge on any atom is -0.492 e. The average molecular weight is 349 g/mol. The van der Waals surface area contributed by atoms with Gasteiger partial charge in [-0.3, -0.25) is 0 Å². The third-order valence-corrected chi connectivity index (χ3v) is 5.32. The van der Waals surface area contributed by atoms with Crippen molar-refractivity contribution in [2.75, 3.05) is 32.8 Å². The zero-order valence-electron chi connectivity index (χ0n) is 13.6. The van der Waals surface area contributed by atoms with Crippen molar-refractivity contribution in [1.29, 1.82) is 0 Å². The van der Waals surface area contributed by atoms with E-state index in [-0.39, 0.29) is 4.90 Å². The zero-order valence-corrected chi connectivity index (χ0v) is 15.2. The van der Waals surface area contributed by atoms with Crippen molar-refractivity contribution >= 4 is 21.6 Å². The summed E-state index contributed by atoms with van der Waals surface area (Å²) in [7, 11) is -3.65. The molecule has 1 N–H and O–H groups in total. The monoisotopic (exact) mass is 348 g/mol. The van der Waals surface area contributed by atoms with E-state index in [4.69, 9.17) is 16.3 Å². The predicted molar refractivity (Wildman–Crippen MR) is 90.3 cm³/mol. The largest absolute Gasteiger partial charge is 0.492 e. The molecular formula is C15H25ClN2O3S. The van der Waals surface area contributed by atoms with E-state index >= 15 is 0 Å². The first-order valence-corrected chi connectivity index (χ1v) is 9.36. The Morgan fingerprint density at radius 2 is 1.86 bits per heavy atom. The molecule has 0 radical (unpaired) electrons. The van der Waals surface area contributed by atoms with Crippen LogP contribution in [0.3, 0.4) is 0 Å². The highest BCUT2D eigenvalue weighted by Gasteiger charge is 2.21. The fourth-order valence-corrected chi connectivity index (χ4v) is 3.47. The van der Waals surface area contributed by atoms with Crippen LogP contribution in [0.15, 0.2) is 17.0 Å². The minimum absolute atomic E-state index is 0.0875. The molecule has 0 aromatic heterocycles. The van der Waals surface area contributed by atoms with Gasteiger partial charge in [-0.25, -0.2) is 13.1 Å². The molecule has 22 heavy (non-hydrogen) atoms. The van der Waals surface area contributed by atoms with Crippen molar-refractivity contribution in [1.82, 2.24) is 9.62 Å². The number of hydrogen-bond acceptors (Lipinski definition) is 4. The molecule has 0 aliphatic carbocycles. The van der Waals surface area contributed by atoms with E-state index in [1.807, 2.05) is 27.7 Å². The summed E-state index contributed by atoms with van der Waals surface area (Å²) in [5.74, 6) is 0.333. The molecule has 7 heteroatoms. The molecule has 1 aromatic rings. The van der Waals surface area contributed by atoms with Gasteiger partial charge in [-0.2, -0.15) is 0 Å². The Bertz CT molecular complexity index is 587. The first kappa shape index (κ1) is 19.2. The van der Waals surface area contributed by atoms with Crippen molar-refractivity contribution in [2.45, 2.75) is 32.6 Å². The number of nitrogens with one attached hydrogen (secondary N) is 1. The smallest absolute Gasteiger partial charge is 0.244 e. The molecule has 0 fully saturated rings. The molecule has 0 atom stereocenters. The number of ether oxygens (including phenoxy) is 1. The van der Waals surface area contributed by atoms with Crippen LogP contribution < -0.4 is 9.46 Å². The summed E-state index contributed by atoms with van der Waals surface area (Å²) >= 11 is 6.07. The van der Waals surface area contributed by atoms with Crippen molar-refractivity contribution < 1.29 is 13.2 Å². The van der Waals surface area contributed by atoms with E-state index < -0.39 is 10.0 Å². The van der Waals surface area contributed by atoms with Gasteiger partial charge in [-0.15, -0.1) is 0 Å². The fourth-order valence-electron chi connectivity index (χ4n) is 2.07. The number of hydrogen-bond donors (Lipinski definition) is 1. The van der Waals surface area contributed by atoms with Gasteiger partial charge in [0.25, 0.3) is 0 Å². The first-order chi connectivity index (χ1) is 10.4. The molecule has 0 saturated heterocycles. The van der Waals surface area contributed by atoms with Gasteiger partial charge in [0, 0.05) is 18.1 Å². The Morgan fingerprint density at radius 1 is 1.23 bits per heavy atom. The summed E-state index contributed by atoms with van der Waals surface area (Å²) < 4.78 is 33.0. The topological polar surface area (TPSA) is 58.6 Å². The van der Waals surface area contributed by atoms with E-state index in [9.17, 15) is 8.42 Å². The van der Waals surface area contributed by atoms with E-state index in [2.05, 4.69) is 9.62 Å². The van der Waals surface area contributed by atoms with Crippen LogP contribution in [0, 0.1) is 6.92 Å². The maximum atomic E-state index is 12.5. The second-order valence-corrected chi connectivity index (χ2v) is 7.05. The van der Waals surface area contributed by atoms with Gasteiger partial charge in [0.15, 0.2) is 0 Å². The number of benzene rings is 1. The molecule has 0 saturated carbocycles. The average Bonchev–Trinajstić information content (AvgIpc) is 2.47. The lowest BCUT2D eigenvalue weighted by atomic mass is 10.2. The fraction of sp³-hybridized carbons (Fsp3) is 0.600. The van der Waals surface area contributed by atoms with Gasteiger partial charge in [-0.1, -0.05) is 25.4 Å². The summed E-state index contributed by atoms with van der Waals surface area (Å²) in [6, 6.07) is 3.10. The second-order valence-electron chi connectivity index (χ2n) is 4.91. The van der Waals surface area contributed by atoms with E-state index in [1.54, 1.807) is 6.07 Å². The van der Waals surface area contributed by atoms with Gasteiger partial charge < -0.3 is 9.64 Å². The molecule has 0 spiro atoms. The summed E-state index contributed by atoms with van der Waals surface area (Å²) in [5, 5.41) is 0.410. The van der Waals surface area contributed by atoms with Crippen LogP contribution in [0.1, 0.15) is 26.3 Å². The van der Waals surface area contributed by atoms with Crippen LogP contribution in [-0.2, 0) is 10.0 Å². The summed E-state index contributed by atoms with van der Waals surface area (Å²) in [6.45, 7) is 10.9. The van der Waals surface area contributed by atoms with E-state index in [0.717, 1.165) is 18.7 Å². The normalized spacial score (nSPS) is 11.9. The lowest BCUT2D eigenvalue weighted by Crippen LogP contribution is -2.35. The predicted octanol–water partition coefficient (Wildman–Crippen LogP) is 2.67. The summed E-state index contributed by atoms with van der Waals surface area (Å²) in [5.41, 5.74) is 0.784. The third kappa shape index (κ3) is 5.12. The van der Waals surface area contributed by atoms with Crippen LogP contribution in [0.2, 0.25) is 5.02 Å². The number of aryl methyl sites for hydroxylation is 1. The Kier molecular flexibility index (Phi) is 7.62. The van der Waals surface area contributed by atoms with Crippen LogP contribution in [0.4, 0.5) is 0 Å². The molecule has 5 nitrogen and oxygen atoms in total. The molecule has 1 aromatic carbocycles. The van der Waals surface area contributed by atoms with E-state index in [0.29, 0.717) is 30.5 Å². The van der Waals surface area contributed by atoms with Crippen LogP contribution in [0.5, 0.6) is 5.75 Å². The number of nitrogens with zero attached hydrogens (tertiary/aromatic N) is 1. The standard InChI is InChI=1S/C15H25ClN2O3S/c1-5-18(6-2)9-8-17-22(19,20)15-11-13(16)12(4)10-14(15)21-7-3/h10-11,17H,5-9H2,1-4H3. The number of sulfonamides is 1. The number of halogens is 1. The van der Waals surface area contributed by atoms with Crippen molar-refractivity contribution in [3.8, 4) is 5.75 Å². The Labute approximate surface area is 138 Å². The van der Waals surface area contributed by atoms with Gasteiger partial charge in [0.2, 0.25) is 10.0 Å². The quantitative estimate of drug-likeness (QED) is 0.745. The SMILES string of the molecule is CCOc1cc(C)c(Cl)cc1S(=O)(=O)NCCN(CC)CC. The summed E-state index contributed by atoms with van der Waals surface area (Å²) in [4.78, 5) is 2.23. The minimum atomic E-state index is -3.65. The molecule has 126 valence electrons. The van der Waals surface area contributed by atoms with Gasteiger partial charge in [0.05, 0.1) is 6.61 Å². The molecule has 0 aliphatic heterocycles.